The number of pyridine rings is 1. The normalized spacial score (nSPS) is 20.5. The van der Waals surface area contributed by atoms with Gasteiger partial charge in [-0.3, -0.25) is 9.59 Å². The maximum absolute atomic E-state index is 13.4. The van der Waals surface area contributed by atoms with Crippen LogP contribution in [0, 0.1) is 5.92 Å². The van der Waals surface area contributed by atoms with Gasteiger partial charge in [-0.25, -0.2) is 9.97 Å². The van der Waals surface area contributed by atoms with Crippen molar-refractivity contribution < 1.29 is 14.3 Å². The number of carbonyl (C=O) groups is 2. The number of nitrogens with zero attached hydrogens (tertiary/aromatic N) is 4. The Hall–Kier alpha value is -3.24. The fourth-order valence-electron chi connectivity index (χ4n) is 4.94. The molecular weight excluding hydrogens is 476 g/mol. The van der Waals surface area contributed by atoms with E-state index in [0.717, 1.165) is 52.4 Å². The van der Waals surface area contributed by atoms with Gasteiger partial charge >= 0.3 is 11.8 Å². The van der Waals surface area contributed by atoms with Crippen LogP contribution in [-0.2, 0) is 20.7 Å². The van der Waals surface area contributed by atoms with Crippen molar-refractivity contribution in [3.8, 4) is 0 Å². The van der Waals surface area contributed by atoms with Gasteiger partial charge in [-0.1, -0.05) is 31.3 Å². The summed E-state index contributed by atoms with van der Waals surface area (Å²) in [6, 6.07) is 7.82. The molecule has 10 heteroatoms. The number of morpholine rings is 1. The molecule has 2 aliphatic rings. The number of nitrogen functional groups attached to an aromatic ring is 1. The monoisotopic (exact) mass is 508 g/mol. The topological polar surface area (TPSA) is 114 Å². The Balaban J connectivity index is 1.37. The van der Waals surface area contributed by atoms with E-state index in [1.54, 1.807) is 22.3 Å². The van der Waals surface area contributed by atoms with Crippen molar-refractivity contribution in [2.75, 3.05) is 48.8 Å². The second kappa shape index (κ2) is 10.4. The molecule has 36 heavy (non-hydrogen) atoms. The summed E-state index contributed by atoms with van der Waals surface area (Å²) in [5.41, 5.74) is 9.12. The molecule has 2 saturated heterocycles. The fraction of sp³-hybridized carbons (Fsp3) is 0.462. The quantitative estimate of drug-likeness (QED) is 0.518. The number of ether oxygens (including phenoxy) is 1. The highest BCUT2D eigenvalue weighted by Crippen LogP contribution is 2.37. The van der Waals surface area contributed by atoms with Crippen LogP contribution in [0.5, 0.6) is 0 Å². The smallest absolute Gasteiger partial charge is 0.313 e. The average Bonchev–Trinajstić information content (AvgIpc) is 3.33. The van der Waals surface area contributed by atoms with E-state index in [9.17, 15) is 9.59 Å². The van der Waals surface area contributed by atoms with E-state index in [4.69, 9.17) is 15.5 Å². The minimum Gasteiger partial charge on any atom is -0.383 e. The third-order valence-corrected chi connectivity index (χ3v) is 8.08. The van der Waals surface area contributed by atoms with Crippen LogP contribution in [0.1, 0.15) is 43.9 Å². The number of benzene rings is 1. The standard InChI is InChI=1S/C26H32N6O3S/c1-3-17-12-19(14-28-23(17)27)29-24(33)25(34)32-15-16(2)4-6-21(32)18-5-7-22-20(13-18)30-26(36-22)31-8-10-35-11-9-31/h5,7,12-14,16,21H,3-4,6,8-11,15H2,1-2H3,(H2,27,28)(H,29,33). The van der Waals surface area contributed by atoms with Crippen molar-refractivity contribution in [3.63, 3.8) is 0 Å². The average molecular weight is 509 g/mol. The summed E-state index contributed by atoms with van der Waals surface area (Å²) in [7, 11) is 0. The van der Waals surface area contributed by atoms with Gasteiger partial charge in [0, 0.05) is 19.6 Å². The molecule has 2 aromatic heterocycles. The number of hydrogen-bond donors (Lipinski definition) is 2. The highest BCUT2D eigenvalue weighted by atomic mass is 32.1. The van der Waals surface area contributed by atoms with Crippen molar-refractivity contribution >= 4 is 50.0 Å². The first kappa shape index (κ1) is 24.5. The molecule has 5 rings (SSSR count). The van der Waals surface area contributed by atoms with E-state index in [0.29, 0.717) is 43.6 Å². The molecule has 2 aliphatic heterocycles. The summed E-state index contributed by atoms with van der Waals surface area (Å²) >= 11 is 1.68. The zero-order chi connectivity index (χ0) is 25.2. The maximum atomic E-state index is 13.4. The highest BCUT2D eigenvalue weighted by molar-refractivity contribution is 7.22. The van der Waals surface area contributed by atoms with Crippen LogP contribution < -0.4 is 16.0 Å². The lowest BCUT2D eigenvalue weighted by Crippen LogP contribution is -2.46. The number of nitrogens with one attached hydrogen (secondary N) is 1. The van der Waals surface area contributed by atoms with Gasteiger partial charge in [0.25, 0.3) is 0 Å². The minimum atomic E-state index is -0.660. The number of aryl methyl sites for hydroxylation is 1. The highest BCUT2D eigenvalue weighted by Gasteiger charge is 2.34. The van der Waals surface area contributed by atoms with Crippen molar-refractivity contribution in [1.82, 2.24) is 14.9 Å². The lowest BCUT2D eigenvalue weighted by atomic mass is 9.89. The first-order valence-corrected chi connectivity index (χ1v) is 13.3. The molecule has 2 atom stereocenters. The number of thiazole rings is 1. The van der Waals surface area contributed by atoms with Gasteiger partial charge in [-0.05, 0) is 54.5 Å². The van der Waals surface area contributed by atoms with Gasteiger partial charge in [0.15, 0.2) is 5.13 Å². The number of rotatable bonds is 4. The molecule has 3 N–H and O–H groups in total. The van der Waals surface area contributed by atoms with Gasteiger partial charge in [0.05, 0.1) is 41.4 Å². The van der Waals surface area contributed by atoms with E-state index >= 15 is 0 Å². The zero-order valence-electron chi connectivity index (χ0n) is 20.7. The number of nitrogens with two attached hydrogens (primary N) is 1. The Bertz CT molecular complexity index is 1270. The Morgan fingerprint density at radius 2 is 2.03 bits per heavy atom. The number of piperidine rings is 1. The number of carbonyl (C=O) groups excluding carboxylic acids is 2. The predicted molar refractivity (Wildman–Crippen MR) is 142 cm³/mol. The molecule has 0 saturated carbocycles. The molecule has 3 aromatic rings. The number of hydrogen-bond acceptors (Lipinski definition) is 8. The second-order valence-corrected chi connectivity index (χ2v) is 10.6. The molecule has 1 aromatic carbocycles. The van der Waals surface area contributed by atoms with Crippen LogP contribution >= 0.6 is 11.3 Å². The van der Waals surface area contributed by atoms with E-state index in [1.807, 2.05) is 6.92 Å². The van der Waals surface area contributed by atoms with Gasteiger partial charge in [-0.15, -0.1) is 0 Å². The van der Waals surface area contributed by atoms with Crippen LogP contribution in [0.15, 0.2) is 30.5 Å². The summed E-state index contributed by atoms with van der Waals surface area (Å²) in [6.07, 6.45) is 3.97. The second-order valence-electron chi connectivity index (χ2n) is 9.55. The van der Waals surface area contributed by atoms with Gasteiger partial charge in [-0.2, -0.15) is 0 Å². The Morgan fingerprint density at radius 1 is 1.22 bits per heavy atom. The largest absolute Gasteiger partial charge is 0.383 e. The lowest BCUT2D eigenvalue weighted by Gasteiger charge is -2.38. The van der Waals surface area contributed by atoms with Crippen LogP contribution in [0.25, 0.3) is 10.2 Å². The molecule has 2 amide bonds. The third-order valence-electron chi connectivity index (χ3n) is 6.98. The molecule has 0 radical (unpaired) electrons. The van der Waals surface area contributed by atoms with Crippen LogP contribution in [0.2, 0.25) is 0 Å². The van der Waals surface area contributed by atoms with Crippen LogP contribution in [0.4, 0.5) is 16.6 Å². The summed E-state index contributed by atoms with van der Waals surface area (Å²) in [6.45, 7) is 7.73. The molecular formula is C26H32N6O3S. The molecule has 9 nitrogen and oxygen atoms in total. The summed E-state index contributed by atoms with van der Waals surface area (Å²) in [5.74, 6) is -0.444. The van der Waals surface area contributed by atoms with Gasteiger partial charge in [0.2, 0.25) is 0 Å². The van der Waals surface area contributed by atoms with E-state index in [-0.39, 0.29) is 6.04 Å². The molecule has 2 unspecified atom stereocenters. The van der Waals surface area contributed by atoms with Gasteiger partial charge in [0.1, 0.15) is 5.82 Å². The number of likely N-dealkylation sites (tertiary alicyclic amines) is 1. The molecule has 2 fully saturated rings. The molecule has 0 aliphatic carbocycles. The van der Waals surface area contributed by atoms with Crippen molar-refractivity contribution in [3.05, 3.63) is 41.6 Å². The van der Waals surface area contributed by atoms with Crippen LogP contribution in [-0.4, -0.2) is 59.5 Å². The Labute approximate surface area is 214 Å². The van der Waals surface area contributed by atoms with Crippen LogP contribution in [0.3, 0.4) is 0 Å². The number of amides is 2. The SMILES string of the molecule is CCc1cc(NC(=O)C(=O)N2CC(C)CCC2c2ccc3sc(N4CCOCC4)nc3c2)cnc1N. The number of anilines is 3. The lowest BCUT2D eigenvalue weighted by molar-refractivity contribution is -0.146. The maximum Gasteiger partial charge on any atom is 0.313 e. The Kier molecular flexibility index (Phi) is 7.06. The molecule has 190 valence electrons. The minimum absolute atomic E-state index is 0.173. The van der Waals surface area contributed by atoms with E-state index in [2.05, 4.69) is 40.3 Å². The summed E-state index contributed by atoms with van der Waals surface area (Å²) in [4.78, 5) is 39.3. The van der Waals surface area contributed by atoms with E-state index in [1.165, 1.54) is 6.20 Å². The van der Waals surface area contributed by atoms with Gasteiger partial charge < -0.3 is 25.6 Å². The molecule has 0 bridgehead atoms. The molecule has 0 spiro atoms. The van der Waals surface area contributed by atoms with E-state index < -0.39 is 11.8 Å². The van der Waals surface area contributed by atoms with Crippen molar-refractivity contribution in [1.29, 1.82) is 0 Å². The first-order valence-electron chi connectivity index (χ1n) is 12.5. The Morgan fingerprint density at radius 3 is 2.81 bits per heavy atom. The third kappa shape index (κ3) is 5.01. The fourth-order valence-corrected chi connectivity index (χ4v) is 5.94. The number of fused-ring (bicyclic) bond motifs is 1. The molecule has 4 heterocycles. The first-order chi connectivity index (χ1) is 17.4. The number of aromatic nitrogens is 2. The zero-order valence-corrected chi connectivity index (χ0v) is 21.5. The predicted octanol–water partition coefficient (Wildman–Crippen LogP) is 3.61. The summed E-state index contributed by atoms with van der Waals surface area (Å²) in [5, 5.41) is 3.72. The van der Waals surface area contributed by atoms with Crippen molar-refractivity contribution in [2.45, 2.75) is 39.2 Å². The van der Waals surface area contributed by atoms with Crippen molar-refractivity contribution in [2.24, 2.45) is 5.92 Å². The summed E-state index contributed by atoms with van der Waals surface area (Å²) < 4.78 is 6.58.